The predicted octanol–water partition coefficient (Wildman–Crippen LogP) is 5.66. The monoisotopic (exact) mass is 389 g/mol. The van der Waals surface area contributed by atoms with Gasteiger partial charge in [-0.05, 0) is 67.2 Å². The first-order valence-corrected chi connectivity index (χ1v) is 10.3. The Morgan fingerprint density at radius 1 is 1.24 bits per heavy atom. The third-order valence-corrected chi connectivity index (χ3v) is 6.53. The lowest BCUT2D eigenvalue weighted by Crippen LogP contribution is -2.35. The van der Waals surface area contributed by atoms with Crippen LogP contribution in [0.25, 0.3) is 21.3 Å². The van der Waals surface area contributed by atoms with Crippen molar-refractivity contribution in [2.24, 2.45) is 5.11 Å². The van der Waals surface area contributed by atoms with Crippen molar-refractivity contribution in [3.05, 3.63) is 81.1 Å². The van der Waals surface area contributed by atoms with Crippen LogP contribution in [0.4, 0.5) is 4.39 Å². The van der Waals surface area contributed by atoms with Crippen LogP contribution in [-0.2, 0) is 19.5 Å². The van der Waals surface area contributed by atoms with Gasteiger partial charge in [0.2, 0.25) is 0 Å². The lowest BCUT2D eigenvalue weighted by atomic mass is 9.98. The van der Waals surface area contributed by atoms with E-state index in [-0.39, 0.29) is 11.9 Å². The van der Waals surface area contributed by atoms with Gasteiger partial charge in [0.1, 0.15) is 5.82 Å². The molecule has 2 aliphatic rings. The predicted molar refractivity (Wildman–Crippen MR) is 112 cm³/mol. The SMILES string of the molecule is Cc1ccc2c(c1)c1c(n2CC(N=[N+]=[N-])c2ccc(F)cc2)CC2CCCN2C1. The van der Waals surface area contributed by atoms with Crippen molar-refractivity contribution >= 4 is 10.9 Å². The van der Waals surface area contributed by atoms with E-state index in [0.717, 1.165) is 18.5 Å². The van der Waals surface area contributed by atoms with Crippen LogP contribution in [0.5, 0.6) is 0 Å². The Morgan fingerprint density at radius 3 is 2.86 bits per heavy atom. The summed E-state index contributed by atoms with van der Waals surface area (Å²) in [7, 11) is 0. The number of halogens is 1. The highest BCUT2D eigenvalue weighted by Gasteiger charge is 2.34. The summed E-state index contributed by atoms with van der Waals surface area (Å²) >= 11 is 0. The summed E-state index contributed by atoms with van der Waals surface area (Å²) in [6.07, 6.45) is 3.55. The summed E-state index contributed by atoms with van der Waals surface area (Å²) < 4.78 is 15.7. The Morgan fingerprint density at radius 2 is 2.07 bits per heavy atom. The minimum absolute atomic E-state index is 0.283. The Balaban J connectivity index is 1.62. The lowest BCUT2D eigenvalue weighted by molar-refractivity contribution is 0.224. The second-order valence-corrected chi connectivity index (χ2v) is 8.30. The molecule has 2 unspecified atom stereocenters. The molecule has 2 aromatic carbocycles. The number of fused-ring (bicyclic) bond motifs is 4. The van der Waals surface area contributed by atoms with Crippen LogP contribution in [0, 0.1) is 12.7 Å². The summed E-state index contributed by atoms with van der Waals surface area (Å²) in [5, 5.41) is 5.37. The fraction of sp³-hybridized carbons (Fsp3) is 0.391. The number of rotatable bonds is 4. The van der Waals surface area contributed by atoms with Crippen molar-refractivity contribution in [1.29, 1.82) is 0 Å². The van der Waals surface area contributed by atoms with Crippen molar-refractivity contribution in [2.45, 2.75) is 51.4 Å². The summed E-state index contributed by atoms with van der Waals surface area (Å²) in [6, 6.07) is 13.1. The molecular weight excluding hydrogens is 365 g/mol. The Labute approximate surface area is 169 Å². The minimum Gasteiger partial charge on any atom is -0.343 e. The topological polar surface area (TPSA) is 56.9 Å². The molecule has 1 fully saturated rings. The highest BCUT2D eigenvalue weighted by molar-refractivity contribution is 5.86. The van der Waals surface area contributed by atoms with E-state index < -0.39 is 0 Å². The van der Waals surface area contributed by atoms with Gasteiger partial charge >= 0.3 is 0 Å². The van der Waals surface area contributed by atoms with Gasteiger partial charge in [-0.1, -0.05) is 28.9 Å². The summed E-state index contributed by atoms with van der Waals surface area (Å²) in [6.45, 7) is 4.87. The van der Waals surface area contributed by atoms with Crippen molar-refractivity contribution in [3.63, 3.8) is 0 Å². The number of azide groups is 1. The molecule has 1 aromatic heterocycles. The molecular formula is C23H24FN5. The highest BCUT2D eigenvalue weighted by atomic mass is 19.1. The van der Waals surface area contributed by atoms with E-state index >= 15 is 0 Å². The largest absolute Gasteiger partial charge is 0.343 e. The van der Waals surface area contributed by atoms with Gasteiger partial charge in [-0.15, -0.1) is 0 Å². The van der Waals surface area contributed by atoms with Gasteiger partial charge in [-0.25, -0.2) is 4.39 Å². The van der Waals surface area contributed by atoms with Gasteiger partial charge in [0.25, 0.3) is 0 Å². The average Bonchev–Trinajstić information content (AvgIpc) is 3.29. The molecule has 0 aliphatic carbocycles. The third kappa shape index (κ3) is 3.18. The van der Waals surface area contributed by atoms with Crippen LogP contribution < -0.4 is 0 Å². The molecule has 0 spiro atoms. The first-order valence-electron chi connectivity index (χ1n) is 10.3. The van der Waals surface area contributed by atoms with Crippen LogP contribution in [0.3, 0.4) is 0 Å². The molecule has 0 saturated carbocycles. The van der Waals surface area contributed by atoms with Gasteiger partial charge in [-0.3, -0.25) is 4.90 Å². The second-order valence-electron chi connectivity index (χ2n) is 8.30. The fourth-order valence-electron chi connectivity index (χ4n) is 5.10. The third-order valence-electron chi connectivity index (χ3n) is 6.53. The maximum absolute atomic E-state index is 13.4. The zero-order valence-corrected chi connectivity index (χ0v) is 16.6. The van der Waals surface area contributed by atoms with Crippen molar-refractivity contribution in [1.82, 2.24) is 9.47 Å². The average molecular weight is 389 g/mol. The van der Waals surface area contributed by atoms with E-state index in [4.69, 9.17) is 5.53 Å². The van der Waals surface area contributed by atoms with Gasteiger partial charge in [-0.2, -0.15) is 0 Å². The number of aromatic nitrogens is 1. The smallest absolute Gasteiger partial charge is 0.123 e. The number of hydrogen-bond donors (Lipinski definition) is 0. The lowest BCUT2D eigenvalue weighted by Gasteiger charge is -2.31. The normalized spacial score (nSPS) is 19.6. The standard InChI is InChI=1S/C23H24FN5/c1-15-4-9-22-19(11-15)20-13-28-10-2-3-18(28)12-23(20)29(22)14-21(26-27-25)16-5-7-17(24)8-6-16/h4-9,11,18,21H,2-3,10,12-14H2,1H3. The highest BCUT2D eigenvalue weighted by Crippen LogP contribution is 2.38. The van der Waals surface area contributed by atoms with E-state index in [1.165, 1.54) is 59.2 Å². The second kappa shape index (κ2) is 7.21. The van der Waals surface area contributed by atoms with E-state index in [9.17, 15) is 4.39 Å². The molecule has 3 heterocycles. The molecule has 5 nitrogen and oxygen atoms in total. The van der Waals surface area contributed by atoms with E-state index in [2.05, 4.69) is 44.6 Å². The minimum atomic E-state index is -0.372. The van der Waals surface area contributed by atoms with E-state index in [1.54, 1.807) is 12.1 Å². The molecule has 2 aliphatic heterocycles. The van der Waals surface area contributed by atoms with Gasteiger partial charge in [0.15, 0.2) is 0 Å². The van der Waals surface area contributed by atoms with E-state index in [0.29, 0.717) is 12.6 Å². The van der Waals surface area contributed by atoms with Crippen molar-refractivity contribution < 1.29 is 4.39 Å². The molecule has 1 saturated heterocycles. The Kier molecular flexibility index (Phi) is 4.53. The Hall–Kier alpha value is -2.82. The maximum atomic E-state index is 13.4. The molecule has 29 heavy (non-hydrogen) atoms. The molecule has 6 heteroatoms. The summed E-state index contributed by atoms with van der Waals surface area (Å²) in [5.74, 6) is -0.283. The van der Waals surface area contributed by atoms with Crippen LogP contribution in [0.15, 0.2) is 47.6 Å². The van der Waals surface area contributed by atoms with Crippen molar-refractivity contribution in [3.8, 4) is 0 Å². The van der Waals surface area contributed by atoms with E-state index in [1.807, 2.05) is 0 Å². The molecule has 148 valence electrons. The zero-order chi connectivity index (χ0) is 20.0. The first-order chi connectivity index (χ1) is 14.1. The van der Waals surface area contributed by atoms with Crippen LogP contribution in [0.2, 0.25) is 0 Å². The first kappa shape index (κ1) is 18.2. The molecule has 3 aromatic rings. The van der Waals surface area contributed by atoms with Gasteiger partial charge in [0, 0.05) is 47.1 Å². The maximum Gasteiger partial charge on any atom is 0.123 e. The van der Waals surface area contributed by atoms with Crippen LogP contribution in [0.1, 0.15) is 41.3 Å². The number of hydrogen-bond acceptors (Lipinski definition) is 2. The quantitative estimate of drug-likeness (QED) is 0.323. The molecule has 0 N–H and O–H groups in total. The molecule has 0 bridgehead atoms. The number of aryl methyl sites for hydroxylation is 1. The zero-order valence-electron chi connectivity index (χ0n) is 16.6. The fourth-order valence-corrected chi connectivity index (χ4v) is 5.10. The molecule has 5 rings (SSSR count). The molecule has 0 amide bonds. The summed E-state index contributed by atoms with van der Waals surface area (Å²) in [5.41, 5.74) is 15.2. The van der Waals surface area contributed by atoms with Gasteiger partial charge < -0.3 is 4.57 Å². The van der Waals surface area contributed by atoms with Crippen LogP contribution >= 0.6 is 0 Å². The Bertz CT molecular complexity index is 1110. The van der Waals surface area contributed by atoms with Crippen molar-refractivity contribution in [2.75, 3.05) is 6.54 Å². The molecule has 0 radical (unpaired) electrons. The summed E-state index contributed by atoms with van der Waals surface area (Å²) in [4.78, 5) is 5.69. The number of nitrogens with zero attached hydrogens (tertiary/aromatic N) is 5. The molecule has 2 atom stereocenters. The number of benzene rings is 2. The van der Waals surface area contributed by atoms with Gasteiger partial charge in [0.05, 0.1) is 6.04 Å². The van der Waals surface area contributed by atoms with Crippen LogP contribution in [-0.4, -0.2) is 22.1 Å².